The molecule has 1 fully saturated rings. The Morgan fingerprint density at radius 2 is 2.15 bits per heavy atom. The molecule has 0 saturated carbocycles. The maximum absolute atomic E-state index is 11.9. The minimum absolute atomic E-state index is 0. The Kier molecular flexibility index (Phi) is 6.95. The Hall–Kier alpha value is -1.14. The van der Waals surface area contributed by atoms with E-state index in [1.54, 1.807) is 0 Å². The van der Waals surface area contributed by atoms with E-state index < -0.39 is 0 Å². The summed E-state index contributed by atoms with van der Waals surface area (Å²) in [5, 5.41) is 11.9. The van der Waals surface area contributed by atoms with Gasteiger partial charge < -0.3 is 20.9 Å². The minimum atomic E-state index is -0.380. The van der Waals surface area contributed by atoms with Crippen LogP contribution in [0.25, 0.3) is 0 Å². The molecule has 1 amide bonds. The van der Waals surface area contributed by atoms with Crippen LogP contribution in [0.3, 0.4) is 0 Å². The number of rotatable bonds is 5. The Bertz CT molecular complexity index is 442. The SMILES string of the molecule is Cl.NC[C@H]1CC[C@@H](C(=O)NCc2cccc(CO)c2)O1. The van der Waals surface area contributed by atoms with Gasteiger partial charge in [0.2, 0.25) is 5.91 Å². The Morgan fingerprint density at radius 3 is 2.80 bits per heavy atom. The summed E-state index contributed by atoms with van der Waals surface area (Å²) < 4.78 is 5.53. The predicted molar refractivity (Wildman–Crippen MR) is 78.4 cm³/mol. The number of nitrogens with one attached hydrogen (secondary N) is 1. The molecule has 0 aromatic heterocycles. The lowest BCUT2D eigenvalue weighted by Gasteiger charge is -2.13. The molecule has 1 aromatic rings. The van der Waals surface area contributed by atoms with Crippen molar-refractivity contribution in [1.82, 2.24) is 5.32 Å². The monoisotopic (exact) mass is 300 g/mol. The van der Waals surface area contributed by atoms with Gasteiger partial charge in [0.05, 0.1) is 12.7 Å². The maximum atomic E-state index is 11.9. The van der Waals surface area contributed by atoms with E-state index in [2.05, 4.69) is 5.32 Å². The fourth-order valence-corrected chi connectivity index (χ4v) is 2.21. The highest BCUT2D eigenvalue weighted by atomic mass is 35.5. The van der Waals surface area contributed by atoms with E-state index in [-0.39, 0.29) is 37.1 Å². The molecule has 1 heterocycles. The Balaban J connectivity index is 0.00000200. The van der Waals surface area contributed by atoms with Crippen molar-refractivity contribution in [3.05, 3.63) is 35.4 Å². The van der Waals surface area contributed by atoms with Crippen molar-refractivity contribution in [3.8, 4) is 0 Å². The van der Waals surface area contributed by atoms with E-state index in [1.807, 2.05) is 24.3 Å². The zero-order valence-electron chi connectivity index (χ0n) is 11.2. The fourth-order valence-electron chi connectivity index (χ4n) is 2.21. The van der Waals surface area contributed by atoms with Crippen molar-refractivity contribution < 1.29 is 14.6 Å². The first kappa shape index (κ1) is 16.9. The van der Waals surface area contributed by atoms with Gasteiger partial charge in [-0.1, -0.05) is 24.3 Å². The summed E-state index contributed by atoms with van der Waals surface area (Å²) in [7, 11) is 0. The number of hydrogen-bond donors (Lipinski definition) is 3. The average molecular weight is 301 g/mol. The number of benzene rings is 1. The molecule has 0 radical (unpaired) electrons. The van der Waals surface area contributed by atoms with Crippen molar-refractivity contribution in [1.29, 1.82) is 0 Å². The number of carbonyl (C=O) groups is 1. The first-order valence-electron chi connectivity index (χ1n) is 6.55. The zero-order chi connectivity index (χ0) is 13.7. The van der Waals surface area contributed by atoms with Crippen LogP contribution in [0.5, 0.6) is 0 Å². The van der Waals surface area contributed by atoms with E-state index in [4.69, 9.17) is 15.6 Å². The number of halogens is 1. The van der Waals surface area contributed by atoms with E-state index in [9.17, 15) is 4.79 Å². The van der Waals surface area contributed by atoms with Gasteiger partial charge in [-0.2, -0.15) is 0 Å². The zero-order valence-corrected chi connectivity index (χ0v) is 12.1. The summed E-state index contributed by atoms with van der Waals surface area (Å²) >= 11 is 0. The van der Waals surface area contributed by atoms with Gasteiger partial charge in [0.25, 0.3) is 0 Å². The van der Waals surface area contributed by atoms with Crippen LogP contribution in [0.1, 0.15) is 24.0 Å². The number of nitrogens with two attached hydrogens (primary N) is 1. The maximum Gasteiger partial charge on any atom is 0.249 e. The number of carbonyl (C=O) groups excluding carboxylic acids is 1. The highest BCUT2D eigenvalue weighted by Gasteiger charge is 2.29. The molecule has 2 atom stereocenters. The normalized spacial score (nSPS) is 21.3. The highest BCUT2D eigenvalue weighted by molar-refractivity contribution is 5.85. The molecule has 1 saturated heterocycles. The number of aliphatic hydroxyl groups excluding tert-OH is 1. The van der Waals surface area contributed by atoms with Gasteiger partial charge in [0, 0.05) is 13.1 Å². The van der Waals surface area contributed by atoms with E-state index in [1.165, 1.54) is 0 Å². The molecule has 0 aliphatic carbocycles. The molecule has 6 heteroatoms. The van der Waals surface area contributed by atoms with E-state index in [0.717, 1.165) is 24.0 Å². The third-order valence-corrected chi connectivity index (χ3v) is 3.30. The van der Waals surface area contributed by atoms with Crippen molar-refractivity contribution in [2.24, 2.45) is 5.73 Å². The third-order valence-electron chi connectivity index (χ3n) is 3.30. The molecule has 5 nitrogen and oxygen atoms in total. The van der Waals surface area contributed by atoms with Crippen LogP contribution in [0.2, 0.25) is 0 Å². The second-order valence-electron chi connectivity index (χ2n) is 4.76. The second-order valence-corrected chi connectivity index (χ2v) is 4.76. The standard InChI is InChI=1S/C14H20N2O3.ClH/c15-7-12-4-5-13(19-12)14(18)16-8-10-2-1-3-11(6-10)9-17;/h1-3,6,12-13,17H,4-5,7-9,15H2,(H,16,18);1H/t12-,13+;/m1./s1. The summed E-state index contributed by atoms with van der Waals surface area (Å²) in [6.45, 7) is 0.911. The summed E-state index contributed by atoms with van der Waals surface area (Å²) in [6, 6.07) is 7.50. The Morgan fingerprint density at radius 1 is 1.40 bits per heavy atom. The lowest BCUT2D eigenvalue weighted by molar-refractivity contribution is -0.132. The molecule has 0 unspecified atom stereocenters. The second kappa shape index (κ2) is 8.21. The van der Waals surface area contributed by atoms with Crippen LogP contribution < -0.4 is 11.1 Å². The summed E-state index contributed by atoms with van der Waals surface area (Å²) in [6.07, 6.45) is 1.20. The quantitative estimate of drug-likeness (QED) is 0.748. The van der Waals surface area contributed by atoms with Gasteiger partial charge in [0.15, 0.2) is 0 Å². The van der Waals surface area contributed by atoms with Crippen molar-refractivity contribution in [2.75, 3.05) is 6.54 Å². The first-order valence-corrected chi connectivity index (χ1v) is 6.55. The highest BCUT2D eigenvalue weighted by Crippen LogP contribution is 2.19. The molecule has 20 heavy (non-hydrogen) atoms. The molecule has 2 rings (SSSR count). The predicted octanol–water partition coefficient (Wildman–Crippen LogP) is 0.723. The largest absolute Gasteiger partial charge is 0.392 e. The molecule has 1 aromatic carbocycles. The van der Waals surface area contributed by atoms with Gasteiger partial charge in [0.1, 0.15) is 6.10 Å². The fraction of sp³-hybridized carbons (Fsp3) is 0.500. The van der Waals surface area contributed by atoms with Gasteiger partial charge in [-0.15, -0.1) is 12.4 Å². The van der Waals surface area contributed by atoms with Crippen molar-refractivity contribution in [2.45, 2.75) is 38.2 Å². The summed E-state index contributed by atoms with van der Waals surface area (Å²) in [5.41, 5.74) is 7.32. The third kappa shape index (κ3) is 4.45. The smallest absolute Gasteiger partial charge is 0.249 e. The van der Waals surface area contributed by atoms with E-state index in [0.29, 0.717) is 13.1 Å². The summed E-state index contributed by atoms with van der Waals surface area (Å²) in [5.74, 6) is -0.0923. The minimum Gasteiger partial charge on any atom is -0.392 e. The topological polar surface area (TPSA) is 84.6 Å². The lowest BCUT2D eigenvalue weighted by atomic mass is 10.1. The number of amides is 1. The van der Waals surface area contributed by atoms with Gasteiger partial charge in [-0.25, -0.2) is 0 Å². The lowest BCUT2D eigenvalue weighted by Crippen LogP contribution is -2.35. The molecular formula is C14H21ClN2O3. The van der Waals surface area contributed by atoms with Crippen LogP contribution in [0, 0.1) is 0 Å². The summed E-state index contributed by atoms with van der Waals surface area (Å²) in [4.78, 5) is 11.9. The van der Waals surface area contributed by atoms with Gasteiger partial charge in [-0.3, -0.25) is 4.79 Å². The van der Waals surface area contributed by atoms with Crippen LogP contribution >= 0.6 is 12.4 Å². The van der Waals surface area contributed by atoms with E-state index >= 15 is 0 Å². The number of ether oxygens (including phenoxy) is 1. The molecule has 0 bridgehead atoms. The first-order chi connectivity index (χ1) is 9.22. The van der Waals surface area contributed by atoms with Gasteiger partial charge >= 0.3 is 0 Å². The van der Waals surface area contributed by atoms with Crippen molar-refractivity contribution in [3.63, 3.8) is 0 Å². The van der Waals surface area contributed by atoms with Crippen LogP contribution in [0.4, 0.5) is 0 Å². The molecular weight excluding hydrogens is 280 g/mol. The number of aliphatic hydroxyl groups is 1. The molecule has 4 N–H and O–H groups in total. The molecule has 1 aliphatic rings. The van der Waals surface area contributed by atoms with Crippen LogP contribution in [0.15, 0.2) is 24.3 Å². The molecule has 112 valence electrons. The van der Waals surface area contributed by atoms with Crippen LogP contribution in [-0.4, -0.2) is 29.8 Å². The molecule has 1 aliphatic heterocycles. The van der Waals surface area contributed by atoms with Gasteiger partial charge in [-0.05, 0) is 24.0 Å². The van der Waals surface area contributed by atoms with Crippen molar-refractivity contribution >= 4 is 18.3 Å². The number of hydrogen-bond acceptors (Lipinski definition) is 4. The average Bonchev–Trinajstić information content (AvgIpc) is 2.94. The van der Waals surface area contributed by atoms with Crippen LogP contribution in [-0.2, 0) is 22.7 Å². The Labute approximate surface area is 124 Å². The molecule has 0 spiro atoms.